The summed E-state index contributed by atoms with van der Waals surface area (Å²) in [6.45, 7) is 12.9. The van der Waals surface area contributed by atoms with Gasteiger partial charge in [-0.25, -0.2) is 0 Å². The van der Waals surface area contributed by atoms with Gasteiger partial charge in [0.15, 0.2) is 0 Å². The van der Waals surface area contributed by atoms with Crippen molar-refractivity contribution in [2.75, 3.05) is 39.8 Å². The van der Waals surface area contributed by atoms with Crippen molar-refractivity contribution >= 4 is 0 Å². The van der Waals surface area contributed by atoms with Crippen molar-refractivity contribution in [2.24, 2.45) is 17.1 Å². The summed E-state index contributed by atoms with van der Waals surface area (Å²) >= 11 is 0. The molecule has 1 saturated heterocycles. The predicted molar refractivity (Wildman–Crippen MR) is 82.3 cm³/mol. The molecule has 0 aromatic rings. The Morgan fingerprint density at radius 3 is 2.47 bits per heavy atom. The van der Waals surface area contributed by atoms with Gasteiger partial charge in [0.25, 0.3) is 0 Å². The molecule has 1 aliphatic carbocycles. The monoisotopic (exact) mass is 267 g/mol. The average molecular weight is 267 g/mol. The molecular weight excluding hydrogens is 234 g/mol. The van der Waals surface area contributed by atoms with E-state index in [-0.39, 0.29) is 5.54 Å². The maximum Gasteiger partial charge on any atom is 0.0358 e. The van der Waals surface area contributed by atoms with Crippen molar-refractivity contribution in [1.29, 1.82) is 0 Å². The van der Waals surface area contributed by atoms with Gasteiger partial charge in [-0.15, -0.1) is 0 Å². The lowest BCUT2D eigenvalue weighted by molar-refractivity contribution is -0.0198. The summed E-state index contributed by atoms with van der Waals surface area (Å²) in [6, 6.07) is 0. The lowest BCUT2D eigenvalue weighted by Gasteiger charge is -2.53. The summed E-state index contributed by atoms with van der Waals surface area (Å²) in [5, 5.41) is 0. The van der Waals surface area contributed by atoms with Crippen molar-refractivity contribution in [3.8, 4) is 0 Å². The highest BCUT2D eigenvalue weighted by Crippen LogP contribution is 2.46. The van der Waals surface area contributed by atoms with Crippen LogP contribution in [0.1, 0.15) is 46.5 Å². The summed E-state index contributed by atoms with van der Waals surface area (Å²) < 4.78 is 0. The second-order valence-corrected chi connectivity index (χ2v) is 7.72. The third-order valence-electron chi connectivity index (χ3n) is 5.71. The molecule has 0 aromatic heterocycles. The molecule has 0 radical (unpaired) electrons. The fraction of sp³-hybridized carbons (Fsp3) is 1.00. The molecule has 1 aliphatic heterocycles. The van der Waals surface area contributed by atoms with Crippen LogP contribution in [0.5, 0.6) is 0 Å². The predicted octanol–water partition coefficient (Wildman–Crippen LogP) is 2.17. The van der Waals surface area contributed by atoms with Crippen molar-refractivity contribution in [2.45, 2.75) is 52.0 Å². The Morgan fingerprint density at radius 2 is 1.84 bits per heavy atom. The molecule has 19 heavy (non-hydrogen) atoms. The molecule has 112 valence electrons. The zero-order valence-electron chi connectivity index (χ0n) is 13.4. The standard InChI is InChI=1S/C16H33N3/c1-14-12-15(2,3)6-7-16(14,13-17)19-9-5-8-18(4)10-11-19/h14H,5-13,17H2,1-4H3. The molecule has 2 N–H and O–H groups in total. The third kappa shape index (κ3) is 3.14. The van der Waals surface area contributed by atoms with Gasteiger partial charge in [-0.05, 0) is 50.6 Å². The minimum atomic E-state index is 0.265. The first kappa shape index (κ1) is 15.3. The zero-order chi connectivity index (χ0) is 14.1. The normalized spacial score (nSPS) is 38.1. The topological polar surface area (TPSA) is 32.5 Å². The van der Waals surface area contributed by atoms with Crippen LogP contribution in [0.4, 0.5) is 0 Å². The summed E-state index contributed by atoms with van der Waals surface area (Å²) in [5.74, 6) is 0.713. The molecule has 2 unspecified atom stereocenters. The number of hydrogen-bond donors (Lipinski definition) is 1. The van der Waals surface area contributed by atoms with E-state index in [0.29, 0.717) is 11.3 Å². The molecule has 2 atom stereocenters. The maximum absolute atomic E-state index is 6.28. The third-order valence-corrected chi connectivity index (χ3v) is 5.71. The second kappa shape index (κ2) is 5.71. The molecule has 1 heterocycles. The Labute approximate surface area is 119 Å². The highest BCUT2D eigenvalue weighted by atomic mass is 15.3. The summed E-state index contributed by atoms with van der Waals surface area (Å²) in [7, 11) is 2.24. The molecule has 3 nitrogen and oxygen atoms in total. The van der Waals surface area contributed by atoms with Crippen LogP contribution in [0.2, 0.25) is 0 Å². The molecule has 2 rings (SSSR count). The number of nitrogens with zero attached hydrogens (tertiary/aromatic N) is 2. The van der Waals surface area contributed by atoms with E-state index in [0.717, 1.165) is 6.54 Å². The van der Waals surface area contributed by atoms with Crippen LogP contribution >= 0.6 is 0 Å². The van der Waals surface area contributed by atoms with Gasteiger partial charge in [0.1, 0.15) is 0 Å². The highest BCUT2D eigenvalue weighted by molar-refractivity contribution is 5.02. The largest absolute Gasteiger partial charge is 0.329 e. The summed E-state index contributed by atoms with van der Waals surface area (Å²) in [4.78, 5) is 5.19. The van der Waals surface area contributed by atoms with Gasteiger partial charge in [-0.3, -0.25) is 4.90 Å². The van der Waals surface area contributed by atoms with Crippen LogP contribution in [-0.4, -0.2) is 55.1 Å². The summed E-state index contributed by atoms with van der Waals surface area (Å²) in [6.07, 6.45) is 5.20. The molecule has 3 heteroatoms. The van der Waals surface area contributed by atoms with E-state index in [4.69, 9.17) is 5.73 Å². The van der Waals surface area contributed by atoms with Crippen molar-refractivity contribution in [1.82, 2.24) is 9.80 Å². The number of rotatable bonds is 2. The first-order valence-corrected chi connectivity index (χ1v) is 8.03. The van der Waals surface area contributed by atoms with Crippen LogP contribution in [-0.2, 0) is 0 Å². The SMILES string of the molecule is CC1CC(C)(C)CCC1(CN)N1CCCN(C)CC1. The average Bonchev–Trinajstić information content (AvgIpc) is 2.55. The van der Waals surface area contributed by atoms with Gasteiger partial charge in [0.2, 0.25) is 0 Å². The molecule has 0 amide bonds. The molecule has 0 bridgehead atoms. The number of hydrogen-bond acceptors (Lipinski definition) is 3. The minimum absolute atomic E-state index is 0.265. The smallest absolute Gasteiger partial charge is 0.0358 e. The van der Waals surface area contributed by atoms with Gasteiger partial charge in [-0.1, -0.05) is 20.8 Å². The number of likely N-dealkylation sites (N-methyl/N-ethyl adjacent to an activating group) is 1. The van der Waals surface area contributed by atoms with E-state index in [1.165, 1.54) is 51.9 Å². The lowest BCUT2D eigenvalue weighted by Crippen LogP contribution is -2.61. The zero-order valence-corrected chi connectivity index (χ0v) is 13.4. The van der Waals surface area contributed by atoms with Crippen LogP contribution in [0.3, 0.4) is 0 Å². The fourth-order valence-corrected chi connectivity index (χ4v) is 4.32. The van der Waals surface area contributed by atoms with Crippen LogP contribution in [0.25, 0.3) is 0 Å². The van der Waals surface area contributed by atoms with Crippen molar-refractivity contribution in [3.05, 3.63) is 0 Å². The molecule has 2 fully saturated rings. The molecule has 0 spiro atoms. The van der Waals surface area contributed by atoms with Crippen LogP contribution < -0.4 is 5.73 Å². The van der Waals surface area contributed by atoms with Crippen molar-refractivity contribution < 1.29 is 0 Å². The Morgan fingerprint density at radius 1 is 1.11 bits per heavy atom. The first-order valence-electron chi connectivity index (χ1n) is 8.03. The van der Waals surface area contributed by atoms with Crippen LogP contribution in [0.15, 0.2) is 0 Å². The van der Waals surface area contributed by atoms with E-state index in [9.17, 15) is 0 Å². The summed E-state index contributed by atoms with van der Waals surface area (Å²) in [5.41, 5.74) is 7.04. The Balaban J connectivity index is 2.13. The van der Waals surface area contributed by atoms with Gasteiger partial charge in [0, 0.05) is 31.7 Å². The van der Waals surface area contributed by atoms with Gasteiger partial charge < -0.3 is 10.6 Å². The van der Waals surface area contributed by atoms with E-state index < -0.39 is 0 Å². The van der Waals surface area contributed by atoms with Gasteiger partial charge >= 0.3 is 0 Å². The van der Waals surface area contributed by atoms with E-state index in [1.54, 1.807) is 0 Å². The minimum Gasteiger partial charge on any atom is -0.329 e. The van der Waals surface area contributed by atoms with E-state index >= 15 is 0 Å². The Bertz CT molecular complexity index is 302. The fourth-order valence-electron chi connectivity index (χ4n) is 4.32. The Kier molecular flexibility index (Phi) is 4.59. The van der Waals surface area contributed by atoms with Gasteiger partial charge in [-0.2, -0.15) is 0 Å². The quantitative estimate of drug-likeness (QED) is 0.832. The van der Waals surface area contributed by atoms with Crippen molar-refractivity contribution in [3.63, 3.8) is 0 Å². The maximum atomic E-state index is 6.28. The van der Waals surface area contributed by atoms with Crippen LogP contribution in [0, 0.1) is 11.3 Å². The first-order chi connectivity index (χ1) is 8.89. The van der Waals surface area contributed by atoms with E-state index in [1.807, 2.05) is 0 Å². The Hall–Kier alpha value is -0.120. The van der Waals surface area contributed by atoms with E-state index in [2.05, 4.69) is 37.6 Å². The highest BCUT2D eigenvalue weighted by Gasteiger charge is 2.46. The molecule has 2 aliphatic rings. The molecule has 0 aromatic carbocycles. The second-order valence-electron chi connectivity index (χ2n) is 7.72. The molecular formula is C16H33N3. The van der Waals surface area contributed by atoms with Gasteiger partial charge in [0.05, 0.1) is 0 Å². The lowest BCUT2D eigenvalue weighted by atomic mass is 9.63. The molecule has 1 saturated carbocycles. The number of nitrogens with two attached hydrogens (primary N) is 1.